The standard InChI is InChI=1S/C15H17FN2/c1-11-5-6-14(17)15(9-11)18-8-7-12-3-2-4-13(16)10-12/h2-6,9-10,18H,7-8,17H2,1H3. The van der Waals surface area contributed by atoms with E-state index >= 15 is 0 Å². The van der Waals surface area contributed by atoms with Gasteiger partial charge in [0.25, 0.3) is 0 Å². The molecular formula is C15H17FN2. The first-order valence-corrected chi connectivity index (χ1v) is 5.99. The molecule has 3 heteroatoms. The maximum Gasteiger partial charge on any atom is 0.123 e. The Labute approximate surface area is 107 Å². The molecular weight excluding hydrogens is 227 g/mol. The summed E-state index contributed by atoms with van der Waals surface area (Å²) in [7, 11) is 0. The van der Waals surface area contributed by atoms with E-state index in [1.165, 1.54) is 6.07 Å². The van der Waals surface area contributed by atoms with Crippen molar-refractivity contribution in [3.63, 3.8) is 0 Å². The number of benzene rings is 2. The second kappa shape index (κ2) is 5.54. The number of anilines is 2. The van der Waals surface area contributed by atoms with Crippen LogP contribution in [0.1, 0.15) is 11.1 Å². The summed E-state index contributed by atoms with van der Waals surface area (Å²) in [6, 6.07) is 12.5. The normalized spacial score (nSPS) is 10.3. The summed E-state index contributed by atoms with van der Waals surface area (Å²) in [4.78, 5) is 0. The Morgan fingerprint density at radius 1 is 1.17 bits per heavy atom. The van der Waals surface area contributed by atoms with Gasteiger partial charge in [-0.2, -0.15) is 0 Å². The van der Waals surface area contributed by atoms with E-state index < -0.39 is 0 Å². The summed E-state index contributed by atoms with van der Waals surface area (Å²) < 4.78 is 13.0. The number of halogens is 1. The number of rotatable bonds is 4. The fraction of sp³-hybridized carbons (Fsp3) is 0.200. The van der Waals surface area contributed by atoms with E-state index in [-0.39, 0.29) is 5.82 Å². The predicted molar refractivity (Wildman–Crippen MR) is 74.2 cm³/mol. The lowest BCUT2D eigenvalue weighted by Crippen LogP contribution is -2.07. The highest BCUT2D eigenvalue weighted by Gasteiger charge is 1.99. The predicted octanol–water partition coefficient (Wildman–Crippen LogP) is 3.37. The Bertz CT molecular complexity index is 538. The molecule has 0 aliphatic rings. The Kier molecular flexibility index (Phi) is 3.82. The molecule has 0 bridgehead atoms. The molecule has 0 atom stereocenters. The van der Waals surface area contributed by atoms with Gasteiger partial charge in [0, 0.05) is 6.54 Å². The maximum absolute atomic E-state index is 13.0. The van der Waals surface area contributed by atoms with Crippen LogP contribution in [-0.2, 0) is 6.42 Å². The summed E-state index contributed by atoms with van der Waals surface area (Å²) in [5, 5.41) is 3.27. The summed E-state index contributed by atoms with van der Waals surface area (Å²) in [5.74, 6) is -0.192. The highest BCUT2D eigenvalue weighted by atomic mass is 19.1. The molecule has 0 spiro atoms. The SMILES string of the molecule is Cc1ccc(N)c(NCCc2cccc(F)c2)c1. The maximum atomic E-state index is 13.0. The second-order valence-corrected chi connectivity index (χ2v) is 4.40. The van der Waals surface area contributed by atoms with E-state index in [0.29, 0.717) is 0 Å². The number of hydrogen-bond donors (Lipinski definition) is 2. The number of hydrogen-bond acceptors (Lipinski definition) is 2. The van der Waals surface area contributed by atoms with Crippen molar-refractivity contribution in [2.75, 3.05) is 17.6 Å². The number of nitrogens with two attached hydrogens (primary N) is 1. The summed E-state index contributed by atoms with van der Waals surface area (Å²) in [6.45, 7) is 2.76. The van der Waals surface area contributed by atoms with Crippen LogP contribution in [0.5, 0.6) is 0 Å². The molecule has 0 saturated carbocycles. The van der Waals surface area contributed by atoms with Gasteiger partial charge in [0.1, 0.15) is 5.82 Å². The summed E-state index contributed by atoms with van der Waals surface area (Å²) in [5.41, 5.74) is 9.69. The minimum atomic E-state index is -0.192. The Morgan fingerprint density at radius 2 is 2.00 bits per heavy atom. The third kappa shape index (κ3) is 3.23. The van der Waals surface area contributed by atoms with Gasteiger partial charge >= 0.3 is 0 Å². The first-order chi connectivity index (χ1) is 8.65. The molecule has 0 fully saturated rings. The van der Waals surface area contributed by atoms with Crippen molar-refractivity contribution < 1.29 is 4.39 Å². The van der Waals surface area contributed by atoms with Gasteiger partial charge in [-0.15, -0.1) is 0 Å². The molecule has 2 rings (SSSR count). The third-order valence-corrected chi connectivity index (χ3v) is 2.83. The first-order valence-electron chi connectivity index (χ1n) is 5.99. The smallest absolute Gasteiger partial charge is 0.123 e. The van der Waals surface area contributed by atoms with E-state index in [2.05, 4.69) is 5.32 Å². The first kappa shape index (κ1) is 12.4. The van der Waals surface area contributed by atoms with E-state index in [1.54, 1.807) is 12.1 Å². The van der Waals surface area contributed by atoms with Crippen molar-refractivity contribution in [3.8, 4) is 0 Å². The molecule has 3 N–H and O–H groups in total. The highest BCUT2D eigenvalue weighted by molar-refractivity contribution is 5.66. The van der Waals surface area contributed by atoms with Gasteiger partial charge in [0.05, 0.1) is 11.4 Å². The number of aryl methyl sites for hydroxylation is 1. The zero-order valence-corrected chi connectivity index (χ0v) is 10.4. The van der Waals surface area contributed by atoms with E-state index in [1.807, 2.05) is 31.2 Å². The van der Waals surface area contributed by atoms with Crippen molar-refractivity contribution in [1.29, 1.82) is 0 Å². The molecule has 0 heterocycles. The summed E-state index contributed by atoms with van der Waals surface area (Å²) in [6.07, 6.45) is 0.769. The quantitative estimate of drug-likeness (QED) is 0.809. The van der Waals surface area contributed by atoms with Crippen LogP contribution < -0.4 is 11.1 Å². The second-order valence-electron chi connectivity index (χ2n) is 4.40. The van der Waals surface area contributed by atoms with Gasteiger partial charge in [-0.3, -0.25) is 0 Å². The van der Waals surface area contributed by atoms with Crippen LogP contribution in [0.2, 0.25) is 0 Å². The lowest BCUT2D eigenvalue weighted by atomic mass is 10.1. The minimum absolute atomic E-state index is 0.192. The van der Waals surface area contributed by atoms with Gasteiger partial charge in [-0.05, 0) is 48.7 Å². The molecule has 0 aliphatic heterocycles. The van der Waals surface area contributed by atoms with Crippen LogP contribution in [0.15, 0.2) is 42.5 Å². The molecule has 0 aromatic heterocycles. The topological polar surface area (TPSA) is 38.0 Å². The van der Waals surface area contributed by atoms with Gasteiger partial charge in [-0.25, -0.2) is 4.39 Å². The third-order valence-electron chi connectivity index (χ3n) is 2.83. The van der Waals surface area contributed by atoms with Crippen LogP contribution in [0.25, 0.3) is 0 Å². The van der Waals surface area contributed by atoms with Gasteiger partial charge in [0.2, 0.25) is 0 Å². The van der Waals surface area contributed by atoms with Crippen LogP contribution in [0.3, 0.4) is 0 Å². The minimum Gasteiger partial charge on any atom is -0.397 e. The molecule has 0 amide bonds. The molecule has 18 heavy (non-hydrogen) atoms. The molecule has 94 valence electrons. The van der Waals surface area contributed by atoms with Crippen LogP contribution in [-0.4, -0.2) is 6.54 Å². The van der Waals surface area contributed by atoms with E-state index in [0.717, 1.165) is 35.5 Å². The molecule has 2 nitrogen and oxygen atoms in total. The van der Waals surface area contributed by atoms with Crippen molar-refractivity contribution in [2.45, 2.75) is 13.3 Å². The lowest BCUT2D eigenvalue weighted by Gasteiger charge is -2.10. The molecule has 0 unspecified atom stereocenters. The zero-order chi connectivity index (χ0) is 13.0. The Balaban J connectivity index is 1.94. The average Bonchev–Trinajstić information content (AvgIpc) is 2.34. The monoisotopic (exact) mass is 244 g/mol. The largest absolute Gasteiger partial charge is 0.397 e. The fourth-order valence-electron chi connectivity index (χ4n) is 1.86. The van der Waals surface area contributed by atoms with Crippen LogP contribution in [0, 0.1) is 12.7 Å². The lowest BCUT2D eigenvalue weighted by molar-refractivity contribution is 0.625. The van der Waals surface area contributed by atoms with Crippen molar-refractivity contribution >= 4 is 11.4 Å². The van der Waals surface area contributed by atoms with E-state index in [4.69, 9.17) is 5.73 Å². The molecule has 2 aromatic rings. The number of nitrogens with one attached hydrogen (secondary N) is 1. The zero-order valence-electron chi connectivity index (χ0n) is 10.4. The Hall–Kier alpha value is -2.03. The number of nitrogen functional groups attached to an aromatic ring is 1. The summed E-state index contributed by atoms with van der Waals surface area (Å²) >= 11 is 0. The molecule has 0 radical (unpaired) electrons. The van der Waals surface area contributed by atoms with Gasteiger partial charge < -0.3 is 11.1 Å². The van der Waals surface area contributed by atoms with Crippen molar-refractivity contribution in [2.24, 2.45) is 0 Å². The highest BCUT2D eigenvalue weighted by Crippen LogP contribution is 2.19. The van der Waals surface area contributed by atoms with Crippen LogP contribution in [0.4, 0.5) is 15.8 Å². The van der Waals surface area contributed by atoms with E-state index in [9.17, 15) is 4.39 Å². The van der Waals surface area contributed by atoms with Crippen LogP contribution >= 0.6 is 0 Å². The van der Waals surface area contributed by atoms with Gasteiger partial charge in [-0.1, -0.05) is 18.2 Å². The average molecular weight is 244 g/mol. The van der Waals surface area contributed by atoms with Crippen molar-refractivity contribution in [3.05, 3.63) is 59.4 Å². The molecule has 0 aliphatic carbocycles. The fourth-order valence-corrected chi connectivity index (χ4v) is 1.86. The van der Waals surface area contributed by atoms with Crippen molar-refractivity contribution in [1.82, 2.24) is 0 Å². The Morgan fingerprint density at radius 3 is 2.78 bits per heavy atom. The van der Waals surface area contributed by atoms with Gasteiger partial charge in [0.15, 0.2) is 0 Å². The molecule has 2 aromatic carbocycles. The molecule has 0 saturated heterocycles.